The van der Waals surface area contributed by atoms with Crippen LogP contribution in [0.2, 0.25) is 5.02 Å². The molecule has 28 heavy (non-hydrogen) atoms. The number of halogens is 1. The van der Waals surface area contributed by atoms with Gasteiger partial charge in [0.2, 0.25) is 0 Å². The average molecular weight is 396 g/mol. The maximum absolute atomic E-state index is 12.5. The molecule has 144 valence electrons. The lowest BCUT2D eigenvalue weighted by molar-refractivity contribution is 0.0940. The second-order valence-corrected chi connectivity index (χ2v) is 6.78. The van der Waals surface area contributed by atoms with Gasteiger partial charge in [-0.2, -0.15) is 0 Å². The molecule has 0 unspecified atom stereocenters. The van der Waals surface area contributed by atoms with Crippen LogP contribution in [0.1, 0.15) is 34.5 Å². The van der Waals surface area contributed by atoms with Gasteiger partial charge in [0.25, 0.3) is 5.91 Å². The molecule has 0 fully saturated rings. The quantitative estimate of drug-likeness (QED) is 0.581. The second-order valence-electron chi connectivity index (χ2n) is 6.37. The number of nitrogens with one attached hydrogen (secondary N) is 1. The van der Waals surface area contributed by atoms with Crippen molar-refractivity contribution in [3.63, 3.8) is 0 Å². The Morgan fingerprint density at radius 2 is 1.61 bits per heavy atom. The summed E-state index contributed by atoms with van der Waals surface area (Å²) in [4.78, 5) is 12.5. The van der Waals surface area contributed by atoms with Gasteiger partial charge in [0.15, 0.2) is 0 Å². The highest BCUT2D eigenvalue weighted by atomic mass is 35.5. The lowest BCUT2D eigenvalue weighted by Crippen LogP contribution is -2.26. The Balaban J connectivity index is 1.57. The van der Waals surface area contributed by atoms with Crippen molar-refractivity contribution < 1.29 is 14.3 Å². The highest BCUT2D eigenvalue weighted by Crippen LogP contribution is 2.20. The number of hydrogen-bond donors (Lipinski definition) is 1. The van der Waals surface area contributed by atoms with Crippen LogP contribution in [-0.2, 0) is 6.61 Å². The molecule has 0 heterocycles. The fourth-order valence-electron chi connectivity index (χ4n) is 2.73. The number of benzene rings is 3. The molecule has 0 saturated heterocycles. The van der Waals surface area contributed by atoms with E-state index in [1.54, 1.807) is 31.4 Å². The predicted octanol–water partition coefficient (Wildman–Crippen LogP) is 5.42. The van der Waals surface area contributed by atoms with Gasteiger partial charge in [-0.25, -0.2) is 0 Å². The maximum atomic E-state index is 12.5. The number of carbonyl (C=O) groups excluding carboxylic acids is 1. The topological polar surface area (TPSA) is 47.6 Å². The van der Waals surface area contributed by atoms with Crippen molar-refractivity contribution in [1.82, 2.24) is 5.32 Å². The smallest absolute Gasteiger partial charge is 0.251 e. The SMILES string of the molecule is COc1ccc([C@@H](C)NC(=O)c2ccc(OCc3ccccc3Cl)cc2)cc1. The Labute approximate surface area is 170 Å². The fourth-order valence-corrected chi connectivity index (χ4v) is 2.93. The van der Waals surface area contributed by atoms with E-state index in [1.807, 2.05) is 55.5 Å². The number of carbonyl (C=O) groups is 1. The van der Waals surface area contributed by atoms with Crippen molar-refractivity contribution in [3.05, 3.63) is 94.5 Å². The Hall–Kier alpha value is -2.98. The average Bonchev–Trinajstić information content (AvgIpc) is 2.73. The van der Waals surface area contributed by atoms with E-state index in [0.717, 1.165) is 16.9 Å². The van der Waals surface area contributed by atoms with Crippen molar-refractivity contribution >= 4 is 17.5 Å². The van der Waals surface area contributed by atoms with E-state index >= 15 is 0 Å². The Kier molecular flexibility index (Phi) is 6.56. The van der Waals surface area contributed by atoms with Gasteiger partial charge in [0, 0.05) is 16.1 Å². The minimum Gasteiger partial charge on any atom is -0.497 e. The first-order chi connectivity index (χ1) is 13.6. The summed E-state index contributed by atoms with van der Waals surface area (Å²) in [6.07, 6.45) is 0. The highest BCUT2D eigenvalue weighted by Gasteiger charge is 2.12. The molecule has 0 aliphatic heterocycles. The minimum atomic E-state index is -0.138. The van der Waals surface area contributed by atoms with Crippen molar-refractivity contribution in [2.75, 3.05) is 7.11 Å². The normalized spacial score (nSPS) is 11.5. The molecular weight excluding hydrogens is 374 g/mol. The van der Waals surface area contributed by atoms with Crippen LogP contribution in [0, 0.1) is 0 Å². The lowest BCUT2D eigenvalue weighted by atomic mass is 10.1. The van der Waals surface area contributed by atoms with Crippen molar-refractivity contribution in [2.45, 2.75) is 19.6 Å². The van der Waals surface area contributed by atoms with E-state index in [-0.39, 0.29) is 11.9 Å². The molecule has 0 aliphatic rings. The standard InChI is InChI=1S/C23H22ClNO3/c1-16(17-7-11-20(27-2)12-8-17)25-23(26)18-9-13-21(14-10-18)28-15-19-5-3-4-6-22(19)24/h3-14,16H,15H2,1-2H3,(H,25,26)/t16-/m1/s1. The molecule has 3 aromatic rings. The largest absolute Gasteiger partial charge is 0.497 e. The minimum absolute atomic E-state index is 0.116. The van der Waals surface area contributed by atoms with Gasteiger partial charge in [-0.15, -0.1) is 0 Å². The van der Waals surface area contributed by atoms with Gasteiger partial charge in [-0.1, -0.05) is 41.9 Å². The van der Waals surface area contributed by atoms with E-state index < -0.39 is 0 Å². The van der Waals surface area contributed by atoms with Gasteiger partial charge < -0.3 is 14.8 Å². The van der Waals surface area contributed by atoms with E-state index in [4.69, 9.17) is 21.1 Å². The molecule has 1 amide bonds. The van der Waals surface area contributed by atoms with Crippen molar-refractivity contribution in [3.8, 4) is 11.5 Å². The highest BCUT2D eigenvalue weighted by molar-refractivity contribution is 6.31. The number of methoxy groups -OCH3 is 1. The third kappa shape index (κ3) is 5.05. The zero-order valence-electron chi connectivity index (χ0n) is 15.8. The van der Waals surface area contributed by atoms with Crippen LogP contribution in [0.3, 0.4) is 0 Å². The van der Waals surface area contributed by atoms with Gasteiger partial charge in [0.05, 0.1) is 13.2 Å². The Morgan fingerprint density at radius 3 is 2.25 bits per heavy atom. The molecule has 0 aliphatic carbocycles. The molecule has 0 bridgehead atoms. The predicted molar refractivity (Wildman–Crippen MR) is 111 cm³/mol. The van der Waals surface area contributed by atoms with Gasteiger partial charge in [-0.05, 0) is 55.0 Å². The molecule has 4 nitrogen and oxygen atoms in total. The molecular formula is C23H22ClNO3. The van der Waals surface area contributed by atoms with Crippen LogP contribution in [0.4, 0.5) is 0 Å². The van der Waals surface area contributed by atoms with Crippen molar-refractivity contribution in [2.24, 2.45) is 0 Å². The number of rotatable bonds is 7. The van der Waals surface area contributed by atoms with Gasteiger partial charge in [-0.3, -0.25) is 4.79 Å². The van der Waals surface area contributed by atoms with Crippen molar-refractivity contribution in [1.29, 1.82) is 0 Å². The van der Waals surface area contributed by atoms with Crippen LogP contribution in [-0.4, -0.2) is 13.0 Å². The molecule has 1 N–H and O–H groups in total. The molecule has 1 atom stereocenters. The lowest BCUT2D eigenvalue weighted by Gasteiger charge is -2.15. The summed E-state index contributed by atoms with van der Waals surface area (Å²) in [7, 11) is 1.63. The number of hydrogen-bond acceptors (Lipinski definition) is 3. The number of ether oxygens (including phenoxy) is 2. The summed E-state index contributed by atoms with van der Waals surface area (Å²) in [5.74, 6) is 1.33. The van der Waals surface area contributed by atoms with Gasteiger partial charge in [0.1, 0.15) is 18.1 Å². The van der Waals surface area contributed by atoms with E-state index in [2.05, 4.69) is 5.32 Å². The first kappa shape index (κ1) is 19.8. The number of amides is 1. The van der Waals surface area contributed by atoms with Crippen LogP contribution in [0.15, 0.2) is 72.8 Å². The first-order valence-corrected chi connectivity index (χ1v) is 9.35. The fraction of sp³-hybridized carbons (Fsp3) is 0.174. The zero-order chi connectivity index (χ0) is 19.9. The van der Waals surface area contributed by atoms with E-state index in [0.29, 0.717) is 22.9 Å². The zero-order valence-corrected chi connectivity index (χ0v) is 16.6. The molecule has 0 saturated carbocycles. The van der Waals surface area contributed by atoms with Crippen LogP contribution in [0.25, 0.3) is 0 Å². The summed E-state index contributed by atoms with van der Waals surface area (Å²) >= 11 is 6.13. The molecule has 3 aromatic carbocycles. The van der Waals surface area contributed by atoms with Crippen LogP contribution in [0.5, 0.6) is 11.5 Å². The third-order valence-electron chi connectivity index (χ3n) is 4.43. The summed E-state index contributed by atoms with van der Waals surface area (Å²) in [6, 6.07) is 22.1. The van der Waals surface area contributed by atoms with Gasteiger partial charge >= 0.3 is 0 Å². The van der Waals surface area contributed by atoms with Crippen LogP contribution < -0.4 is 14.8 Å². The van der Waals surface area contributed by atoms with E-state index in [1.165, 1.54) is 0 Å². The molecule has 0 radical (unpaired) electrons. The monoisotopic (exact) mass is 395 g/mol. The molecule has 5 heteroatoms. The summed E-state index contributed by atoms with van der Waals surface area (Å²) < 4.78 is 10.9. The maximum Gasteiger partial charge on any atom is 0.251 e. The molecule has 0 aromatic heterocycles. The molecule has 3 rings (SSSR count). The first-order valence-electron chi connectivity index (χ1n) is 8.98. The van der Waals surface area contributed by atoms with Crippen LogP contribution >= 0.6 is 11.6 Å². The Morgan fingerprint density at radius 1 is 0.964 bits per heavy atom. The summed E-state index contributed by atoms with van der Waals surface area (Å²) in [6.45, 7) is 2.32. The van der Waals surface area contributed by atoms with E-state index in [9.17, 15) is 4.79 Å². The third-order valence-corrected chi connectivity index (χ3v) is 4.80. The second kappa shape index (κ2) is 9.29. The molecule has 0 spiro atoms. The Bertz CT molecular complexity index is 923. The summed E-state index contributed by atoms with van der Waals surface area (Å²) in [5.41, 5.74) is 2.50. The summed E-state index contributed by atoms with van der Waals surface area (Å²) in [5, 5.41) is 3.67.